The second kappa shape index (κ2) is 10.5. The van der Waals surface area contributed by atoms with Crippen LogP contribution in [-0.2, 0) is 19.6 Å². The molecule has 0 fully saturated rings. The number of nitrogens with zero attached hydrogens (tertiary/aromatic N) is 2. The summed E-state index contributed by atoms with van der Waals surface area (Å²) in [5, 5.41) is 3.54. The van der Waals surface area contributed by atoms with E-state index in [0.717, 1.165) is 5.56 Å². The Bertz CT molecular complexity index is 1520. The molecule has 4 aromatic rings. The number of carbonyl (C=O) groups is 1. The number of hydrogen-bond donors (Lipinski definition) is 1. The number of methoxy groups -OCH3 is 1. The molecule has 2 aromatic heterocycles. The second-order valence-electron chi connectivity index (χ2n) is 7.76. The number of benzene rings is 2. The number of aryl methyl sites for hydroxylation is 1. The number of rotatable bonds is 9. The van der Waals surface area contributed by atoms with E-state index in [2.05, 4.69) is 10.3 Å². The third-order valence-electron chi connectivity index (χ3n) is 5.23. The fourth-order valence-corrected chi connectivity index (χ4v) is 4.61. The highest BCUT2D eigenvalue weighted by atomic mass is 35.5. The van der Waals surface area contributed by atoms with E-state index in [4.69, 9.17) is 25.3 Å². The van der Waals surface area contributed by atoms with E-state index in [0.29, 0.717) is 27.7 Å². The zero-order valence-electron chi connectivity index (χ0n) is 19.8. The molecule has 0 radical (unpaired) electrons. The molecule has 4 rings (SSSR count). The largest absolute Gasteiger partial charge is 0.493 e. The van der Waals surface area contributed by atoms with Crippen molar-refractivity contribution >= 4 is 39.2 Å². The predicted molar refractivity (Wildman–Crippen MR) is 136 cm³/mol. The molecule has 0 aliphatic carbocycles. The van der Waals surface area contributed by atoms with Gasteiger partial charge in [-0.05, 0) is 56.3 Å². The minimum atomic E-state index is -4.08. The van der Waals surface area contributed by atoms with Gasteiger partial charge in [0.15, 0.2) is 11.5 Å². The van der Waals surface area contributed by atoms with Gasteiger partial charge in [-0.1, -0.05) is 29.3 Å². The van der Waals surface area contributed by atoms with Crippen LogP contribution in [0.2, 0.25) is 5.02 Å². The summed E-state index contributed by atoms with van der Waals surface area (Å²) in [6.07, 6.45) is 1.67. The van der Waals surface area contributed by atoms with Crippen LogP contribution in [0.4, 0.5) is 5.82 Å². The van der Waals surface area contributed by atoms with Gasteiger partial charge in [0.2, 0.25) is 0 Å². The number of esters is 1. The maximum absolute atomic E-state index is 12.8. The van der Waals surface area contributed by atoms with Crippen molar-refractivity contribution in [3.63, 3.8) is 0 Å². The molecule has 0 atom stereocenters. The van der Waals surface area contributed by atoms with E-state index >= 15 is 0 Å². The number of anilines is 1. The van der Waals surface area contributed by atoms with Crippen LogP contribution >= 0.6 is 11.6 Å². The number of hydrogen-bond acceptors (Lipinski definition) is 8. The Labute approximate surface area is 213 Å². The lowest BCUT2D eigenvalue weighted by atomic mass is 10.1. The Hall–Kier alpha value is -3.76. The van der Waals surface area contributed by atoms with Gasteiger partial charge in [0.1, 0.15) is 28.6 Å². The first-order valence-electron chi connectivity index (χ1n) is 11.0. The molecular formula is C25H24ClN3O6S. The number of fused-ring (bicyclic) bond motifs is 1. The number of aromatic nitrogens is 2. The van der Waals surface area contributed by atoms with E-state index in [9.17, 15) is 13.2 Å². The number of halogens is 1. The number of nitrogens with one attached hydrogen (secondary N) is 1. The molecule has 0 unspecified atom stereocenters. The van der Waals surface area contributed by atoms with Gasteiger partial charge >= 0.3 is 16.1 Å². The van der Waals surface area contributed by atoms with Gasteiger partial charge in [-0.25, -0.2) is 4.98 Å². The molecule has 0 saturated carbocycles. The summed E-state index contributed by atoms with van der Waals surface area (Å²) in [5.41, 5.74) is 2.60. The molecule has 2 heterocycles. The van der Waals surface area contributed by atoms with Gasteiger partial charge in [-0.3, -0.25) is 9.20 Å². The monoisotopic (exact) mass is 529 g/mol. The third-order valence-corrected chi connectivity index (χ3v) is 6.71. The van der Waals surface area contributed by atoms with Crippen molar-refractivity contribution in [2.45, 2.75) is 18.7 Å². The van der Waals surface area contributed by atoms with E-state index in [1.54, 1.807) is 53.9 Å². The summed E-state index contributed by atoms with van der Waals surface area (Å²) in [7, 11) is -2.66. The highest BCUT2D eigenvalue weighted by Gasteiger charge is 2.21. The first kappa shape index (κ1) is 25.3. The smallest absolute Gasteiger partial charge is 0.339 e. The number of carbonyl (C=O) groups excluding carboxylic acids is 1. The van der Waals surface area contributed by atoms with Crippen LogP contribution in [0.5, 0.6) is 11.5 Å². The Morgan fingerprint density at radius 3 is 2.53 bits per heavy atom. The Balaban J connectivity index is 1.72. The van der Waals surface area contributed by atoms with Crippen LogP contribution in [0.15, 0.2) is 65.7 Å². The maximum atomic E-state index is 12.8. The van der Waals surface area contributed by atoms with E-state index < -0.39 is 16.1 Å². The highest BCUT2D eigenvalue weighted by molar-refractivity contribution is 7.87. The van der Waals surface area contributed by atoms with Crippen LogP contribution < -0.4 is 14.2 Å². The van der Waals surface area contributed by atoms with E-state index in [1.165, 1.54) is 25.3 Å². The van der Waals surface area contributed by atoms with Crippen molar-refractivity contribution in [2.75, 3.05) is 25.6 Å². The number of ether oxygens (including phenoxy) is 2. The van der Waals surface area contributed by atoms with Gasteiger partial charge in [-0.2, -0.15) is 8.42 Å². The Morgan fingerprint density at radius 1 is 1.08 bits per heavy atom. The fourth-order valence-electron chi connectivity index (χ4n) is 3.51. The molecule has 1 N–H and O–H groups in total. The first-order valence-corrected chi connectivity index (χ1v) is 12.8. The molecule has 0 spiro atoms. The Morgan fingerprint density at radius 2 is 1.83 bits per heavy atom. The topological polar surface area (TPSA) is 108 Å². The molecule has 9 nitrogen and oxygen atoms in total. The second-order valence-corrected chi connectivity index (χ2v) is 9.74. The summed E-state index contributed by atoms with van der Waals surface area (Å²) in [4.78, 5) is 16.7. The number of imidazole rings is 1. The van der Waals surface area contributed by atoms with Crippen molar-refractivity contribution in [3.8, 4) is 22.8 Å². The van der Waals surface area contributed by atoms with Gasteiger partial charge in [0, 0.05) is 11.8 Å². The van der Waals surface area contributed by atoms with Crippen molar-refractivity contribution < 1.29 is 26.9 Å². The average molecular weight is 530 g/mol. The molecule has 2 aromatic carbocycles. The summed E-state index contributed by atoms with van der Waals surface area (Å²) in [6, 6.07) is 14.5. The lowest BCUT2D eigenvalue weighted by molar-refractivity contribution is -0.140. The Kier molecular flexibility index (Phi) is 7.37. The van der Waals surface area contributed by atoms with Gasteiger partial charge < -0.3 is 19.0 Å². The zero-order chi connectivity index (χ0) is 25.9. The van der Waals surface area contributed by atoms with Gasteiger partial charge in [0.25, 0.3) is 0 Å². The standard InChI is InChI=1S/C25H24ClN3O6S/c1-4-34-23(30)14-27-25-24(28-22-12-8-18(26)15-29(22)25)17-7-11-20(21(13-17)33-3)35-36(31,32)19-9-5-16(2)6-10-19/h5-13,15,27H,4,14H2,1-3H3. The lowest BCUT2D eigenvalue weighted by Gasteiger charge is -2.13. The minimum Gasteiger partial charge on any atom is -0.493 e. The molecule has 0 aliphatic heterocycles. The van der Waals surface area contributed by atoms with Crippen LogP contribution in [0.1, 0.15) is 12.5 Å². The fraction of sp³-hybridized carbons (Fsp3) is 0.200. The summed E-state index contributed by atoms with van der Waals surface area (Å²) in [5.74, 6) is 0.288. The van der Waals surface area contributed by atoms with Crippen LogP contribution in [-0.4, -0.2) is 44.0 Å². The van der Waals surface area contributed by atoms with E-state index in [-0.39, 0.29) is 29.5 Å². The normalized spacial score (nSPS) is 11.3. The molecule has 0 amide bonds. The first-order chi connectivity index (χ1) is 17.2. The summed E-state index contributed by atoms with van der Waals surface area (Å²) >= 11 is 6.19. The molecule has 0 aliphatic rings. The highest BCUT2D eigenvalue weighted by Crippen LogP contribution is 2.37. The van der Waals surface area contributed by atoms with Crippen LogP contribution in [0.25, 0.3) is 16.9 Å². The van der Waals surface area contributed by atoms with E-state index in [1.807, 2.05) is 6.92 Å². The molecule has 11 heteroatoms. The van der Waals surface area contributed by atoms with Crippen molar-refractivity contribution in [3.05, 3.63) is 71.4 Å². The average Bonchev–Trinajstić information content (AvgIpc) is 3.20. The molecule has 0 bridgehead atoms. The van der Waals surface area contributed by atoms with Crippen molar-refractivity contribution in [1.82, 2.24) is 9.38 Å². The van der Waals surface area contributed by atoms with Gasteiger partial charge in [-0.15, -0.1) is 0 Å². The zero-order valence-corrected chi connectivity index (χ0v) is 21.4. The molecule has 0 saturated heterocycles. The van der Waals surface area contributed by atoms with Gasteiger partial charge in [0.05, 0.1) is 18.7 Å². The summed E-state index contributed by atoms with van der Waals surface area (Å²) in [6.45, 7) is 3.76. The third kappa shape index (κ3) is 5.39. The minimum absolute atomic E-state index is 0.0228. The van der Waals surface area contributed by atoms with Crippen LogP contribution in [0, 0.1) is 6.92 Å². The van der Waals surface area contributed by atoms with Crippen molar-refractivity contribution in [1.29, 1.82) is 0 Å². The maximum Gasteiger partial charge on any atom is 0.339 e. The van der Waals surface area contributed by atoms with Crippen LogP contribution in [0.3, 0.4) is 0 Å². The SMILES string of the molecule is CCOC(=O)CNc1c(-c2ccc(OS(=O)(=O)c3ccc(C)cc3)c(OC)c2)nc2ccc(Cl)cn12. The molecule has 188 valence electrons. The quantitative estimate of drug-likeness (QED) is 0.245. The van der Waals surface area contributed by atoms with Crippen molar-refractivity contribution in [2.24, 2.45) is 0 Å². The predicted octanol–water partition coefficient (Wildman–Crippen LogP) is 4.71. The molecule has 36 heavy (non-hydrogen) atoms. The molecular weight excluding hydrogens is 506 g/mol. The number of pyridine rings is 1. The lowest BCUT2D eigenvalue weighted by Crippen LogP contribution is -2.17. The summed E-state index contributed by atoms with van der Waals surface area (Å²) < 4.78 is 43.1.